The van der Waals surface area contributed by atoms with Crippen LogP contribution in [0.5, 0.6) is 0 Å². The number of hydrogen-bond acceptors (Lipinski definition) is 7. The van der Waals surface area contributed by atoms with Crippen molar-refractivity contribution in [1.82, 2.24) is 15.0 Å². The molecule has 7 nitrogen and oxygen atoms in total. The van der Waals surface area contributed by atoms with E-state index in [1.807, 2.05) is 19.9 Å². The van der Waals surface area contributed by atoms with Crippen molar-refractivity contribution >= 4 is 11.8 Å². The highest BCUT2D eigenvalue weighted by atomic mass is 19.4. The van der Waals surface area contributed by atoms with Gasteiger partial charge < -0.3 is 15.7 Å². The topological polar surface area (TPSA) is 107 Å². The van der Waals surface area contributed by atoms with Crippen LogP contribution in [0.2, 0.25) is 0 Å². The smallest absolute Gasteiger partial charge is 0.396 e. The first kappa shape index (κ1) is 20.8. The van der Waals surface area contributed by atoms with Crippen molar-refractivity contribution in [1.29, 1.82) is 5.26 Å². The lowest BCUT2D eigenvalue weighted by atomic mass is 9.59. The molecule has 1 aliphatic rings. The minimum atomic E-state index is -4.49. The van der Waals surface area contributed by atoms with Crippen LogP contribution in [0, 0.1) is 22.7 Å². The molecule has 1 saturated carbocycles. The molecule has 3 rings (SSSR count). The Bertz CT molecular complexity index is 925. The summed E-state index contributed by atoms with van der Waals surface area (Å²) in [6.45, 7) is 3.94. The Kier molecular flexibility index (Phi) is 5.61. The summed E-state index contributed by atoms with van der Waals surface area (Å²) < 4.78 is 39.3. The molecule has 0 bridgehead atoms. The number of halogens is 3. The second-order valence-corrected chi connectivity index (χ2v) is 7.59. The summed E-state index contributed by atoms with van der Waals surface area (Å²) in [5, 5.41) is 24.7. The number of nitrogens with zero attached hydrogens (tertiary/aromatic N) is 4. The lowest BCUT2D eigenvalue weighted by Crippen LogP contribution is -2.54. The summed E-state index contributed by atoms with van der Waals surface area (Å²) in [4.78, 5) is 12.0. The fraction of sp³-hybridized carbons (Fsp3) is 0.474. The zero-order valence-corrected chi connectivity index (χ0v) is 16.0. The van der Waals surface area contributed by atoms with Gasteiger partial charge in [0.15, 0.2) is 0 Å². The van der Waals surface area contributed by atoms with Gasteiger partial charge in [-0.3, -0.25) is 4.98 Å². The summed E-state index contributed by atoms with van der Waals surface area (Å²) in [7, 11) is 0. The molecule has 0 saturated heterocycles. The molecule has 2 atom stereocenters. The molecular weight excluding hydrogens is 385 g/mol. The summed E-state index contributed by atoms with van der Waals surface area (Å²) in [6.07, 6.45) is -0.207. The Morgan fingerprint density at radius 2 is 2.10 bits per heavy atom. The maximum atomic E-state index is 13.1. The molecule has 3 N–H and O–H groups in total. The molecule has 2 aromatic heterocycles. The molecule has 2 heterocycles. The van der Waals surface area contributed by atoms with E-state index < -0.39 is 11.7 Å². The quantitative estimate of drug-likeness (QED) is 0.676. The average molecular weight is 406 g/mol. The molecule has 29 heavy (non-hydrogen) atoms. The number of aromatic nitrogens is 3. The summed E-state index contributed by atoms with van der Waals surface area (Å²) >= 11 is 0. The lowest BCUT2D eigenvalue weighted by molar-refractivity contribution is -0.138. The van der Waals surface area contributed by atoms with E-state index in [-0.39, 0.29) is 47.6 Å². The van der Waals surface area contributed by atoms with E-state index in [4.69, 9.17) is 0 Å². The van der Waals surface area contributed by atoms with Crippen LogP contribution in [0.1, 0.15) is 37.0 Å². The number of hydrogen-bond donors (Lipinski definition) is 3. The van der Waals surface area contributed by atoms with Crippen molar-refractivity contribution in [3.8, 4) is 6.07 Å². The molecule has 0 amide bonds. The molecule has 1 aliphatic carbocycles. The number of alkyl halides is 3. The fourth-order valence-corrected chi connectivity index (χ4v) is 3.41. The summed E-state index contributed by atoms with van der Waals surface area (Å²) in [6, 6.07) is 2.93. The van der Waals surface area contributed by atoms with E-state index in [0.717, 1.165) is 24.9 Å². The minimum absolute atomic E-state index is 0.00431. The van der Waals surface area contributed by atoms with Crippen LogP contribution in [-0.2, 0) is 12.7 Å². The predicted molar refractivity (Wildman–Crippen MR) is 99.7 cm³/mol. The monoisotopic (exact) mass is 406 g/mol. The van der Waals surface area contributed by atoms with Crippen LogP contribution in [0.4, 0.5) is 24.9 Å². The first-order valence-electron chi connectivity index (χ1n) is 9.05. The molecule has 1 fully saturated rings. The van der Waals surface area contributed by atoms with E-state index >= 15 is 0 Å². The maximum absolute atomic E-state index is 13.1. The first-order valence-corrected chi connectivity index (χ1v) is 9.05. The third kappa shape index (κ3) is 4.24. The SMILES string of the molecule is CC1(C)[C@@H](CO)C[C@H]1Nc1nc(NCc2cnccc2C(F)(F)F)ncc1C#N. The highest BCUT2D eigenvalue weighted by molar-refractivity contribution is 5.54. The van der Waals surface area contributed by atoms with Gasteiger partial charge in [0.25, 0.3) is 0 Å². The number of nitrogens with one attached hydrogen (secondary N) is 2. The second-order valence-electron chi connectivity index (χ2n) is 7.59. The lowest BCUT2D eigenvalue weighted by Gasteiger charge is -2.52. The number of aliphatic hydroxyl groups excluding tert-OH is 1. The Labute approximate surface area is 166 Å². The Hall–Kier alpha value is -2.93. The van der Waals surface area contributed by atoms with Gasteiger partial charge in [-0.1, -0.05) is 13.8 Å². The molecule has 0 aliphatic heterocycles. The number of rotatable bonds is 6. The average Bonchev–Trinajstić information content (AvgIpc) is 2.68. The standard InChI is InChI=1S/C19H21F3N6O/c1-18(2)13(10-29)5-15(18)27-16-11(6-23)8-25-17(28-16)26-9-12-7-24-4-3-14(12)19(20,21)22/h3-4,7-8,13,15,29H,5,9-10H2,1-2H3,(H2,25,26,27,28)/t13-,15-/m1/s1. The van der Waals surface area contributed by atoms with E-state index in [0.29, 0.717) is 5.82 Å². The van der Waals surface area contributed by atoms with Crippen LogP contribution in [0.15, 0.2) is 24.7 Å². The van der Waals surface area contributed by atoms with Crippen LogP contribution >= 0.6 is 0 Å². The van der Waals surface area contributed by atoms with Gasteiger partial charge in [-0.2, -0.15) is 23.4 Å². The first-order chi connectivity index (χ1) is 13.7. The van der Waals surface area contributed by atoms with Gasteiger partial charge in [-0.25, -0.2) is 4.98 Å². The number of nitriles is 1. The Morgan fingerprint density at radius 3 is 2.72 bits per heavy atom. The van der Waals surface area contributed by atoms with Gasteiger partial charge in [0.05, 0.1) is 11.8 Å². The highest BCUT2D eigenvalue weighted by Crippen LogP contribution is 2.47. The van der Waals surface area contributed by atoms with Crippen molar-refractivity contribution in [3.63, 3.8) is 0 Å². The van der Waals surface area contributed by atoms with Gasteiger partial charge in [0.2, 0.25) is 5.95 Å². The van der Waals surface area contributed by atoms with Crippen molar-refractivity contribution in [3.05, 3.63) is 41.3 Å². The maximum Gasteiger partial charge on any atom is 0.416 e. The van der Waals surface area contributed by atoms with Crippen molar-refractivity contribution in [2.75, 3.05) is 17.2 Å². The van der Waals surface area contributed by atoms with Gasteiger partial charge in [-0.05, 0) is 23.8 Å². The molecule has 0 radical (unpaired) electrons. The van der Waals surface area contributed by atoms with Crippen molar-refractivity contribution in [2.24, 2.45) is 11.3 Å². The minimum Gasteiger partial charge on any atom is -0.396 e. The Balaban J connectivity index is 1.76. The van der Waals surface area contributed by atoms with E-state index in [2.05, 4.69) is 25.6 Å². The summed E-state index contributed by atoms with van der Waals surface area (Å²) in [5.41, 5.74) is -0.764. The summed E-state index contributed by atoms with van der Waals surface area (Å²) in [5.74, 6) is 0.553. The molecule has 10 heteroatoms. The van der Waals surface area contributed by atoms with Gasteiger partial charge in [0, 0.05) is 37.2 Å². The zero-order valence-electron chi connectivity index (χ0n) is 16.0. The molecule has 0 spiro atoms. The number of anilines is 2. The fourth-order valence-electron chi connectivity index (χ4n) is 3.41. The molecule has 0 aromatic carbocycles. The van der Waals surface area contributed by atoms with Crippen LogP contribution in [0.25, 0.3) is 0 Å². The molecule has 0 unspecified atom stereocenters. The van der Waals surface area contributed by atoms with Gasteiger partial charge in [0.1, 0.15) is 17.5 Å². The Morgan fingerprint density at radius 1 is 1.34 bits per heavy atom. The number of pyridine rings is 1. The predicted octanol–water partition coefficient (Wildman–Crippen LogP) is 3.19. The molecular formula is C19H21F3N6O. The zero-order chi connectivity index (χ0) is 21.2. The van der Waals surface area contributed by atoms with Crippen LogP contribution < -0.4 is 10.6 Å². The largest absolute Gasteiger partial charge is 0.416 e. The highest BCUT2D eigenvalue weighted by Gasteiger charge is 2.47. The second kappa shape index (κ2) is 7.83. The molecule has 2 aromatic rings. The van der Waals surface area contributed by atoms with Gasteiger partial charge >= 0.3 is 6.18 Å². The number of aliphatic hydroxyl groups is 1. The van der Waals surface area contributed by atoms with E-state index in [1.54, 1.807) is 0 Å². The van der Waals surface area contributed by atoms with Crippen molar-refractivity contribution in [2.45, 2.75) is 39.0 Å². The van der Waals surface area contributed by atoms with E-state index in [1.165, 1.54) is 6.20 Å². The third-order valence-corrected chi connectivity index (χ3v) is 5.56. The normalized spacial score (nSPS) is 20.4. The van der Waals surface area contributed by atoms with E-state index in [9.17, 15) is 23.5 Å². The van der Waals surface area contributed by atoms with Crippen molar-refractivity contribution < 1.29 is 18.3 Å². The third-order valence-electron chi connectivity index (χ3n) is 5.56. The van der Waals surface area contributed by atoms with Gasteiger partial charge in [-0.15, -0.1) is 0 Å². The molecule has 154 valence electrons. The van der Waals surface area contributed by atoms with Crippen LogP contribution in [0.3, 0.4) is 0 Å². The van der Waals surface area contributed by atoms with Crippen LogP contribution in [-0.4, -0.2) is 32.7 Å².